The van der Waals surface area contributed by atoms with Crippen LogP contribution in [0.4, 0.5) is 28.6 Å². The van der Waals surface area contributed by atoms with Gasteiger partial charge in [0.25, 0.3) is 5.91 Å². The molecule has 43 heavy (non-hydrogen) atoms. The molecule has 1 aliphatic heterocycles. The molecule has 5 rings (SSSR count). The Bertz CT molecular complexity index is 1620. The van der Waals surface area contributed by atoms with E-state index < -0.39 is 0 Å². The number of aromatic nitrogens is 2. The van der Waals surface area contributed by atoms with Gasteiger partial charge in [0, 0.05) is 54.3 Å². The summed E-state index contributed by atoms with van der Waals surface area (Å²) in [5.74, 6) is 0.264. The number of likely N-dealkylation sites (N-methyl/N-ethyl adjacent to an activating group) is 1. The highest BCUT2D eigenvalue weighted by Crippen LogP contribution is 2.27. The summed E-state index contributed by atoms with van der Waals surface area (Å²) in [6, 6.07) is 20.2. The predicted molar refractivity (Wildman–Crippen MR) is 169 cm³/mol. The summed E-state index contributed by atoms with van der Waals surface area (Å²) in [4.78, 5) is 49.4. The fourth-order valence-corrected chi connectivity index (χ4v) is 4.58. The van der Waals surface area contributed by atoms with Crippen LogP contribution >= 0.6 is 0 Å². The van der Waals surface area contributed by atoms with Crippen molar-refractivity contribution in [3.63, 3.8) is 0 Å². The quantitative estimate of drug-likeness (QED) is 0.219. The highest BCUT2D eigenvalue weighted by Gasteiger charge is 2.21. The molecule has 1 aliphatic rings. The van der Waals surface area contributed by atoms with Gasteiger partial charge in [-0.1, -0.05) is 18.2 Å². The van der Waals surface area contributed by atoms with E-state index in [1.807, 2.05) is 60.3 Å². The van der Waals surface area contributed by atoms with Crippen molar-refractivity contribution in [2.24, 2.45) is 0 Å². The van der Waals surface area contributed by atoms with E-state index in [0.717, 1.165) is 29.8 Å². The largest absolute Gasteiger partial charge is 0.339 e. The predicted octanol–water partition coefficient (Wildman–Crippen LogP) is 5.32. The summed E-state index contributed by atoms with van der Waals surface area (Å²) in [6.45, 7) is 1.43. The fourth-order valence-electron chi connectivity index (χ4n) is 4.58. The normalized spacial score (nSPS) is 13.0. The molecule has 2 aromatic heterocycles. The summed E-state index contributed by atoms with van der Waals surface area (Å²) < 4.78 is 0. The fraction of sp³-hybridized carbons (Fsp3) is 0.182. The molecule has 10 nitrogen and oxygen atoms in total. The average molecular weight is 576 g/mol. The molecule has 0 aliphatic carbocycles. The molecule has 0 bridgehead atoms. The summed E-state index contributed by atoms with van der Waals surface area (Å²) >= 11 is 0. The lowest BCUT2D eigenvalue weighted by Gasteiger charge is -2.16. The average Bonchev–Trinajstić information content (AvgIpc) is 3.43. The van der Waals surface area contributed by atoms with Crippen LogP contribution in [0.15, 0.2) is 97.5 Å². The monoisotopic (exact) mass is 575 g/mol. The lowest BCUT2D eigenvalue weighted by atomic mass is 10.1. The number of carbonyl (C=O) groups excluding carboxylic acids is 3. The second-order valence-electron chi connectivity index (χ2n) is 10.4. The first-order valence-corrected chi connectivity index (χ1v) is 14.0. The Morgan fingerprint density at radius 3 is 2.30 bits per heavy atom. The number of pyridine rings is 2. The molecule has 0 atom stereocenters. The van der Waals surface area contributed by atoms with Gasteiger partial charge in [-0.05, 0) is 80.7 Å². The van der Waals surface area contributed by atoms with E-state index >= 15 is 0 Å². The molecule has 0 saturated carbocycles. The highest BCUT2D eigenvalue weighted by molar-refractivity contribution is 6.05. The molecule has 10 heteroatoms. The van der Waals surface area contributed by atoms with Gasteiger partial charge in [0.05, 0.1) is 23.8 Å². The van der Waals surface area contributed by atoms with E-state index in [9.17, 15) is 14.4 Å². The summed E-state index contributed by atoms with van der Waals surface area (Å²) in [5.41, 5.74) is 5.10. The SMILES string of the molecule is CN(C)CC=CC(=O)Nc1ccc(C(=O)Nc2cncc(Nc3ccc(-c4ccc(N5CCCC5=O)cc4)cn3)c2)cc1. The molecular weight excluding hydrogens is 542 g/mol. The Hall–Kier alpha value is -5.35. The van der Waals surface area contributed by atoms with Crippen LogP contribution in [0.5, 0.6) is 0 Å². The van der Waals surface area contributed by atoms with Crippen molar-refractivity contribution in [3.05, 3.63) is 103 Å². The highest BCUT2D eigenvalue weighted by atomic mass is 16.2. The zero-order valence-corrected chi connectivity index (χ0v) is 24.1. The number of hydrogen-bond donors (Lipinski definition) is 3. The maximum Gasteiger partial charge on any atom is 0.255 e. The number of rotatable bonds is 10. The second-order valence-corrected chi connectivity index (χ2v) is 10.4. The number of hydrogen-bond acceptors (Lipinski definition) is 7. The van der Waals surface area contributed by atoms with E-state index in [4.69, 9.17) is 0 Å². The van der Waals surface area contributed by atoms with E-state index in [-0.39, 0.29) is 17.7 Å². The number of nitrogens with zero attached hydrogens (tertiary/aromatic N) is 4. The molecule has 218 valence electrons. The summed E-state index contributed by atoms with van der Waals surface area (Å²) in [5, 5.41) is 8.84. The van der Waals surface area contributed by atoms with Gasteiger partial charge in [-0.3, -0.25) is 19.4 Å². The van der Waals surface area contributed by atoms with Crippen molar-refractivity contribution in [2.45, 2.75) is 12.8 Å². The van der Waals surface area contributed by atoms with Crippen LogP contribution in [-0.2, 0) is 9.59 Å². The van der Waals surface area contributed by atoms with Crippen LogP contribution in [-0.4, -0.2) is 59.8 Å². The lowest BCUT2D eigenvalue weighted by Crippen LogP contribution is -2.23. The van der Waals surface area contributed by atoms with E-state index in [1.165, 1.54) is 6.08 Å². The van der Waals surface area contributed by atoms with Crippen molar-refractivity contribution in [3.8, 4) is 11.1 Å². The summed E-state index contributed by atoms with van der Waals surface area (Å²) in [6.07, 6.45) is 9.76. The Balaban J connectivity index is 1.16. The van der Waals surface area contributed by atoms with Crippen LogP contribution in [0.1, 0.15) is 23.2 Å². The van der Waals surface area contributed by atoms with E-state index in [2.05, 4.69) is 25.9 Å². The number of amides is 3. The third-order valence-electron chi connectivity index (χ3n) is 6.77. The van der Waals surface area contributed by atoms with Crippen molar-refractivity contribution >= 4 is 46.3 Å². The topological polar surface area (TPSA) is 120 Å². The van der Waals surface area contributed by atoms with Crippen LogP contribution in [0.2, 0.25) is 0 Å². The minimum Gasteiger partial charge on any atom is -0.339 e. The van der Waals surface area contributed by atoms with Gasteiger partial charge < -0.3 is 25.8 Å². The molecule has 4 aromatic rings. The first kappa shape index (κ1) is 29.2. The van der Waals surface area contributed by atoms with Gasteiger partial charge in [-0.15, -0.1) is 0 Å². The molecule has 3 N–H and O–H groups in total. The molecule has 2 aromatic carbocycles. The van der Waals surface area contributed by atoms with Gasteiger partial charge in [-0.25, -0.2) is 4.98 Å². The lowest BCUT2D eigenvalue weighted by molar-refractivity contribution is -0.117. The third-order valence-corrected chi connectivity index (χ3v) is 6.77. The number of anilines is 5. The molecule has 0 radical (unpaired) electrons. The van der Waals surface area contributed by atoms with Crippen LogP contribution in [0, 0.1) is 0 Å². The van der Waals surface area contributed by atoms with Crippen LogP contribution in [0.3, 0.4) is 0 Å². The second kappa shape index (κ2) is 13.5. The van der Waals surface area contributed by atoms with Gasteiger partial charge in [0.1, 0.15) is 5.82 Å². The van der Waals surface area contributed by atoms with E-state index in [1.54, 1.807) is 55.0 Å². The standard InChI is InChI=1S/C33H33N7O3/c1-39(2)17-3-5-31(41)37-26-12-7-24(8-13-26)33(43)38-28-19-27(21-34-22-28)36-30-16-11-25(20-35-30)23-9-14-29(15-10-23)40-18-4-6-32(40)42/h3,5,7-16,19-22H,4,6,17-18H2,1-2H3,(H,35,36)(H,37,41)(H,38,43). The van der Waals surface area contributed by atoms with Gasteiger partial charge in [-0.2, -0.15) is 0 Å². The van der Waals surface area contributed by atoms with Gasteiger partial charge in [0.15, 0.2) is 0 Å². The Labute approximate surface area is 250 Å². The maximum absolute atomic E-state index is 12.8. The zero-order valence-electron chi connectivity index (χ0n) is 24.1. The van der Waals surface area contributed by atoms with Crippen molar-refractivity contribution in [1.82, 2.24) is 14.9 Å². The first-order chi connectivity index (χ1) is 20.8. The zero-order chi connectivity index (χ0) is 30.2. The first-order valence-electron chi connectivity index (χ1n) is 14.0. The number of nitrogens with one attached hydrogen (secondary N) is 3. The van der Waals surface area contributed by atoms with Gasteiger partial charge in [0.2, 0.25) is 11.8 Å². The van der Waals surface area contributed by atoms with Gasteiger partial charge >= 0.3 is 0 Å². The number of carbonyl (C=O) groups is 3. The molecule has 0 spiro atoms. The van der Waals surface area contributed by atoms with Crippen LogP contribution < -0.4 is 20.9 Å². The molecule has 1 saturated heterocycles. The Morgan fingerprint density at radius 2 is 1.63 bits per heavy atom. The third kappa shape index (κ3) is 7.90. The number of benzene rings is 2. The minimum atomic E-state index is -0.301. The molecule has 1 fully saturated rings. The Kier molecular flexibility index (Phi) is 9.18. The molecule has 0 unspecified atom stereocenters. The van der Waals surface area contributed by atoms with Crippen molar-refractivity contribution in [2.75, 3.05) is 48.0 Å². The molecular formula is C33H33N7O3. The van der Waals surface area contributed by atoms with Crippen molar-refractivity contribution in [1.29, 1.82) is 0 Å². The minimum absolute atomic E-state index is 0.170. The molecule has 3 amide bonds. The smallest absolute Gasteiger partial charge is 0.255 e. The summed E-state index contributed by atoms with van der Waals surface area (Å²) in [7, 11) is 3.85. The Morgan fingerprint density at radius 1 is 0.884 bits per heavy atom. The van der Waals surface area contributed by atoms with E-state index in [0.29, 0.717) is 41.4 Å². The van der Waals surface area contributed by atoms with Crippen LogP contribution in [0.25, 0.3) is 11.1 Å². The maximum atomic E-state index is 12.8. The molecule has 3 heterocycles. The van der Waals surface area contributed by atoms with Crippen molar-refractivity contribution < 1.29 is 14.4 Å².